The predicted octanol–water partition coefficient (Wildman–Crippen LogP) is 2.02. The molecule has 4 nitrogen and oxygen atoms in total. The smallest absolute Gasteiger partial charge is 0.324 e. The van der Waals surface area contributed by atoms with Crippen LogP contribution in [0, 0.1) is 0 Å². The van der Waals surface area contributed by atoms with Gasteiger partial charge in [0.25, 0.3) is 5.91 Å². The summed E-state index contributed by atoms with van der Waals surface area (Å²) in [4.78, 5) is 24.7. The second-order valence-corrected chi connectivity index (χ2v) is 5.66. The number of nitrogens with zero attached hydrogens (tertiary/aromatic N) is 1. The fourth-order valence-corrected chi connectivity index (χ4v) is 2.42. The molecule has 0 aromatic heterocycles. The summed E-state index contributed by atoms with van der Waals surface area (Å²) in [5.74, 6) is 1.82. The van der Waals surface area contributed by atoms with Crippen molar-refractivity contribution in [2.75, 3.05) is 18.1 Å². The van der Waals surface area contributed by atoms with Crippen LogP contribution in [0.3, 0.4) is 0 Å². The Labute approximate surface area is 107 Å². The van der Waals surface area contributed by atoms with Gasteiger partial charge in [-0.25, -0.2) is 4.79 Å². The third-order valence-corrected chi connectivity index (χ3v) is 3.57. The molecule has 1 N–H and O–H groups in total. The van der Waals surface area contributed by atoms with E-state index in [1.807, 2.05) is 24.8 Å². The van der Waals surface area contributed by atoms with Gasteiger partial charge in [0.05, 0.1) is 0 Å². The van der Waals surface area contributed by atoms with Crippen LogP contribution >= 0.6 is 11.8 Å². The molecule has 1 aliphatic rings. The topological polar surface area (TPSA) is 49.4 Å². The Morgan fingerprint density at radius 1 is 1.41 bits per heavy atom. The summed E-state index contributed by atoms with van der Waals surface area (Å²) in [5.41, 5.74) is -0.741. The van der Waals surface area contributed by atoms with Crippen LogP contribution in [0.15, 0.2) is 12.2 Å². The van der Waals surface area contributed by atoms with Crippen molar-refractivity contribution in [3.8, 4) is 0 Å². The monoisotopic (exact) mass is 256 g/mol. The summed E-state index contributed by atoms with van der Waals surface area (Å²) in [6.45, 7) is 5.97. The summed E-state index contributed by atoms with van der Waals surface area (Å²) >= 11 is 1.81. The third-order valence-electron chi connectivity index (χ3n) is 2.56. The minimum absolute atomic E-state index is 0.124. The first-order valence-electron chi connectivity index (χ1n) is 5.82. The first kappa shape index (κ1) is 14.1. The maximum Gasteiger partial charge on any atom is 0.325 e. The number of rotatable bonds is 6. The number of imide groups is 1. The number of carbonyl (C=O) groups is 2. The average molecular weight is 256 g/mol. The summed E-state index contributed by atoms with van der Waals surface area (Å²) in [5, 5.41) is 2.67. The van der Waals surface area contributed by atoms with Crippen molar-refractivity contribution in [3.05, 3.63) is 12.2 Å². The molecule has 1 aliphatic heterocycles. The Bertz CT molecular complexity index is 326. The molecule has 0 aliphatic carbocycles. The lowest BCUT2D eigenvalue weighted by Crippen LogP contribution is -2.40. The van der Waals surface area contributed by atoms with Crippen molar-refractivity contribution in [2.45, 2.75) is 32.7 Å². The third kappa shape index (κ3) is 3.77. The van der Waals surface area contributed by atoms with E-state index in [0.717, 1.165) is 17.9 Å². The molecule has 0 aromatic carbocycles. The van der Waals surface area contributed by atoms with Crippen LogP contribution < -0.4 is 5.32 Å². The van der Waals surface area contributed by atoms with Crippen molar-refractivity contribution in [2.24, 2.45) is 0 Å². The molecule has 5 heteroatoms. The first-order valence-corrected chi connectivity index (χ1v) is 6.97. The van der Waals surface area contributed by atoms with Gasteiger partial charge in [0.2, 0.25) is 0 Å². The van der Waals surface area contributed by atoms with E-state index in [1.54, 1.807) is 13.8 Å². The molecule has 0 bridgehead atoms. The van der Waals surface area contributed by atoms with Gasteiger partial charge in [-0.3, -0.25) is 9.69 Å². The van der Waals surface area contributed by atoms with E-state index in [2.05, 4.69) is 11.4 Å². The van der Waals surface area contributed by atoms with Gasteiger partial charge < -0.3 is 5.32 Å². The van der Waals surface area contributed by atoms with Crippen molar-refractivity contribution in [1.82, 2.24) is 10.2 Å². The standard InChI is InChI=1S/C12H20N2O2S/c1-4-5-8-17-9-6-7-14-10(15)12(2,3)13-11(14)16/h4-5H,6-9H2,1-3H3,(H,13,16). The van der Waals surface area contributed by atoms with E-state index in [4.69, 9.17) is 0 Å². The molecule has 17 heavy (non-hydrogen) atoms. The van der Waals surface area contributed by atoms with E-state index in [9.17, 15) is 9.59 Å². The summed E-state index contributed by atoms with van der Waals surface area (Å²) in [6.07, 6.45) is 4.96. The number of nitrogens with one attached hydrogen (secondary N) is 1. The number of allylic oxidation sites excluding steroid dienone is 1. The zero-order chi connectivity index (χ0) is 12.9. The van der Waals surface area contributed by atoms with E-state index in [0.29, 0.717) is 6.54 Å². The van der Waals surface area contributed by atoms with Crippen LogP contribution in [0.5, 0.6) is 0 Å². The highest BCUT2D eigenvalue weighted by Gasteiger charge is 2.43. The minimum Gasteiger partial charge on any atom is -0.324 e. The number of amides is 3. The molecule has 0 radical (unpaired) electrons. The molecule has 3 amide bonds. The Morgan fingerprint density at radius 2 is 2.12 bits per heavy atom. The van der Waals surface area contributed by atoms with Crippen molar-refractivity contribution >= 4 is 23.7 Å². The van der Waals surface area contributed by atoms with Crippen LogP contribution in [-0.4, -0.2) is 40.4 Å². The van der Waals surface area contributed by atoms with Crippen molar-refractivity contribution in [3.63, 3.8) is 0 Å². The number of hydrogen-bond donors (Lipinski definition) is 1. The van der Waals surface area contributed by atoms with E-state index < -0.39 is 5.54 Å². The first-order chi connectivity index (χ1) is 7.99. The zero-order valence-electron chi connectivity index (χ0n) is 10.7. The number of urea groups is 1. The molecule has 0 spiro atoms. The SMILES string of the molecule is CC=CCSCCCN1C(=O)NC(C)(C)C1=O. The molecule has 1 fully saturated rings. The van der Waals surface area contributed by atoms with Gasteiger partial charge in [0.15, 0.2) is 0 Å². The van der Waals surface area contributed by atoms with Gasteiger partial charge in [-0.15, -0.1) is 0 Å². The lowest BCUT2D eigenvalue weighted by molar-refractivity contribution is -0.130. The largest absolute Gasteiger partial charge is 0.325 e. The van der Waals surface area contributed by atoms with Crippen molar-refractivity contribution in [1.29, 1.82) is 0 Å². The molecule has 96 valence electrons. The molecule has 0 saturated carbocycles. The molecular weight excluding hydrogens is 236 g/mol. The van der Waals surface area contributed by atoms with Gasteiger partial charge in [-0.1, -0.05) is 12.2 Å². The van der Waals surface area contributed by atoms with Crippen LogP contribution in [-0.2, 0) is 4.79 Å². The lowest BCUT2D eigenvalue weighted by atomic mass is 10.1. The molecular formula is C12H20N2O2S. The van der Waals surface area contributed by atoms with Gasteiger partial charge in [0.1, 0.15) is 5.54 Å². The maximum absolute atomic E-state index is 11.8. The molecule has 1 heterocycles. The van der Waals surface area contributed by atoms with Gasteiger partial charge in [0, 0.05) is 12.3 Å². The lowest BCUT2D eigenvalue weighted by Gasteiger charge is -2.15. The highest BCUT2D eigenvalue weighted by molar-refractivity contribution is 7.99. The minimum atomic E-state index is -0.741. The second-order valence-electron chi connectivity index (χ2n) is 4.51. The Balaban J connectivity index is 2.28. The Kier molecular flexibility index (Phi) is 5.05. The molecule has 0 unspecified atom stereocenters. The fourth-order valence-electron chi connectivity index (χ4n) is 1.59. The van der Waals surface area contributed by atoms with E-state index in [1.165, 1.54) is 4.90 Å². The molecule has 1 saturated heterocycles. The maximum atomic E-state index is 11.8. The van der Waals surface area contributed by atoms with Crippen molar-refractivity contribution < 1.29 is 9.59 Å². The highest BCUT2D eigenvalue weighted by atomic mass is 32.2. The number of thioether (sulfide) groups is 1. The number of carbonyl (C=O) groups excluding carboxylic acids is 2. The Hall–Kier alpha value is -0.970. The van der Waals surface area contributed by atoms with E-state index in [-0.39, 0.29) is 11.9 Å². The Morgan fingerprint density at radius 3 is 2.65 bits per heavy atom. The van der Waals surface area contributed by atoms with Gasteiger partial charge in [-0.2, -0.15) is 11.8 Å². The predicted molar refractivity (Wildman–Crippen MR) is 71.1 cm³/mol. The normalized spacial score (nSPS) is 19.1. The number of hydrogen-bond acceptors (Lipinski definition) is 3. The van der Waals surface area contributed by atoms with Gasteiger partial charge in [-0.05, 0) is 32.9 Å². The summed E-state index contributed by atoms with van der Waals surface area (Å²) < 4.78 is 0. The molecule has 1 rings (SSSR count). The van der Waals surface area contributed by atoms with Crippen LogP contribution in [0.2, 0.25) is 0 Å². The highest BCUT2D eigenvalue weighted by Crippen LogP contribution is 2.17. The van der Waals surface area contributed by atoms with Crippen LogP contribution in [0.25, 0.3) is 0 Å². The second kappa shape index (κ2) is 6.10. The van der Waals surface area contributed by atoms with Gasteiger partial charge >= 0.3 is 6.03 Å². The average Bonchev–Trinajstić information content (AvgIpc) is 2.44. The molecule has 0 atom stereocenters. The summed E-state index contributed by atoms with van der Waals surface area (Å²) in [7, 11) is 0. The van der Waals surface area contributed by atoms with E-state index >= 15 is 0 Å². The molecule has 0 aromatic rings. The van der Waals surface area contributed by atoms with Crippen LogP contribution in [0.1, 0.15) is 27.2 Å². The summed E-state index contributed by atoms with van der Waals surface area (Å²) in [6, 6.07) is -0.265. The quantitative estimate of drug-likeness (QED) is 0.449. The van der Waals surface area contributed by atoms with Crippen LogP contribution in [0.4, 0.5) is 4.79 Å². The zero-order valence-corrected chi connectivity index (χ0v) is 11.5. The fraction of sp³-hybridized carbons (Fsp3) is 0.667.